The summed E-state index contributed by atoms with van der Waals surface area (Å²) in [5.74, 6) is 1.97. The average Bonchev–Trinajstić information content (AvgIpc) is 3.43. The van der Waals surface area contributed by atoms with E-state index in [0.717, 1.165) is 28.7 Å². The first kappa shape index (κ1) is 22.8. The third kappa shape index (κ3) is 4.41. The molecule has 5 aromatic rings. The normalized spacial score (nSPS) is 12.1. The highest BCUT2D eigenvalue weighted by Gasteiger charge is 2.34. The highest BCUT2D eigenvalue weighted by Crippen LogP contribution is 2.31. The minimum Gasteiger partial charge on any atom is -0.333 e. The third-order valence-electron chi connectivity index (χ3n) is 5.91. The van der Waals surface area contributed by atoms with Crippen molar-refractivity contribution in [2.45, 2.75) is 32.4 Å². The van der Waals surface area contributed by atoms with E-state index in [1.165, 1.54) is 10.1 Å². The molecule has 0 aliphatic carbocycles. The van der Waals surface area contributed by atoms with Crippen LogP contribution < -0.4 is 0 Å². The molecule has 178 valence electrons. The smallest absolute Gasteiger partial charge is 0.333 e. The first-order valence-corrected chi connectivity index (χ1v) is 11.2. The Bertz CT molecular complexity index is 1500. The second kappa shape index (κ2) is 8.65. The molecule has 5 rings (SSSR count). The van der Waals surface area contributed by atoms with Crippen molar-refractivity contribution in [3.63, 3.8) is 0 Å². The molecule has 2 aromatic carbocycles. The number of imidazole rings is 2. The summed E-state index contributed by atoms with van der Waals surface area (Å²) < 4.78 is 42.2. The summed E-state index contributed by atoms with van der Waals surface area (Å²) >= 11 is 0. The maximum absolute atomic E-state index is 13.0. The lowest BCUT2D eigenvalue weighted by molar-refractivity contribution is -0.140. The third-order valence-corrected chi connectivity index (χ3v) is 5.91. The number of halogens is 3. The summed E-state index contributed by atoms with van der Waals surface area (Å²) in [6.07, 6.45) is 0.514. The Labute approximate surface area is 200 Å². The number of hydrogen-bond donors (Lipinski definition) is 0. The van der Waals surface area contributed by atoms with Gasteiger partial charge in [-0.25, -0.2) is 19.5 Å². The largest absolute Gasteiger partial charge is 0.434 e. The van der Waals surface area contributed by atoms with Crippen LogP contribution in [0.2, 0.25) is 0 Å². The Kier molecular flexibility index (Phi) is 5.62. The number of fused-ring (bicyclic) bond motifs is 1. The number of rotatable bonds is 5. The zero-order valence-electron chi connectivity index (χ0n) is 19.5. The molecule has 0 aliphatic rings. The Morgan fingerprint density at radius 2 is 1.66 bits per heavy atom. The van der Waals surface area contributed by atoms with E-state index in [2.05, 4.69) is 34.9 Å². The Morgan fingerprint density at radius 3 is 2.34 bits per heavy atom. The molecule has 0 atom stereocenters. The summed E-state index contributed by atoms with van der Waals surface area (Å²) in [5, 5.41) is 4.77. The van der Waals surface area contributed by atoms with Crippen molar-refractivity contribution in [3.05, 3.63) is 89.8 Å². The van der Waals surface area contributed by atoms with Crippen molar-refractivity contribution < 1.29 is 13.2 Å². The van der Waals surface area contributed by atoms with Crippen LogP contribution in [0, 0.1) is 0 Å². The van der Waals surface area contributed by atoms with Gasteiger partial charge in [0.2, 0.25) is 0 Å². The van der Waals surface area contributed by atoms with Crippen LogP contribution in [0.3, 0.4) is 0 Å². The molecular weight excluding hydrogens is 453 g/mol. The van der Waals surface area contributed by atoms with Crippen LogP contribution in [0.5, 0.6) is 0 Å². The quantitative estimate of drug-likeness (QED) is 0.316. The highest BCUT2D eigenvalue weighted by atomic mass is 19.4. The van der Waals surface area contributed by atoms with Crippen molar-refractivity contribution in [1.82, 2.24) is 29.1 Å². The maximum atomic E-state index is 13.0. The van der Waals surface area contributed by atoms with Crippen molar-refractivity contribution in [1.29, 1.82) is 0 Å². The number of alkyl halides is 3. The molecule has 35 heavy (non-hydrogen) atoms. The predicted molar refractivity (Wildman–Crippen MR) is 127 cm³/mol. The molecular formula is C26H23F3N6. The van der Waals surface area contributed by atoms with Gasteiger partial charge in [0.15, 0.2) is 11.5 Å². The number of aryl methyl sites for hydroxylation is 1. The van der Waals surface area contributed by atoms with Crippen LogP contribution in [0.15, 0.2) is 67.1 Å². The van der Waals surface area contributed by atoms with Crippen LogP contribution in [0.1, 0.15) is 42.4 Å². The maximum Gasteiger partial charge on any atom is 0.434 e. The van der Waals surface area contributed by atoms with Gasteiger partial charge in [0.05, 0.1) is 12.4 Å². The lowest BCUT2D eigenvalue weighted by atomic mass is 9.97. The summed E-state index contributed by atoms with van der Waals surface area (Å²) in [7, 11) is 1.55. The fourth-order valence-electron chi connectivity index (χ4n) is 4.12. The molecule has 0 saturated carbocycles. The van der Waals surface area contributed by atoms with E-state index < -0.39 is 11.9 Å². The topological polar surface area (TPSA) is 60.9 Å². The summed E-state index contributed by atoms with van der Waals surface area (Å²) in [6, 6.07) is 15.4. The molecule has 0 radical (unpaired) electrons. The van der Waals surface area contributed by atoms with Crippen LogP contribution in [-0.4, -0.2) is 29.1 Å². The zero-order chi connectivity index (χ0) is 24.7. The number of nitrogens with zero attached hydrogens (tertiary/aromatic N) is 6. The molecule has 0 N–H and O–H groups in total. The van der Waals surface area contributed by atoms with E-state index >= 15 is 0 Å². The molecule has 0 amide bonds. The van der Waals surface area contributed by atoms with E-state index in [4.69, 9.17) is 5.10 Å². The first-order valence-electron chi connectivity index (χ1n) is 11.2. The minimum atomic E-state index is -4.48. The van der Waals surface area contributed by atoms with Gasteiger partial charge in [0.1, 0.15) is 17.2 Å². The Hall–Kier alpha value is -4.01. The average molecular weight is 477 g/mol. The fraction of sp³-hybridized carbons (Fsp3) is 0.231. The predicted octanol–water partition coefficient (Wildman–Crippen LogP) is 5.92. The van der Waals surface area contributed by atoms with E-state index in [1.54, 1.807) is 36.1 Å². The first-order chi connectivity index (χ1) is 16.7. The Morgan fingerprint density at radius 1 is 0.943 bits per heavy atom. The molecule has 0 unspecified atom stereocenters. The monoisotopic (exact) mass is 476 g/mol. The van der Waals surface area contributed by atoms with Gasteiger partial charge in [-0.3, -0.25) is 0 Å². The van der Waals surface area contributed by atoms with Crippen LogP contribution >= 0.6 is 0 Å². The molecule has 0 aliphatic heterocycles. The molecule has 0 spiro atoms. The van der Waals surface area contributed by atoms with Gasteiger partial charge in [-0.2, -0.15) is 13.2 Å². The SMILES string of the molecule is CC(C)c1ccccc1-c1ncc2cnc(Cc3ccc(-c4nc(C(F)(F)F)cn4C)cc3)n2n1. The van der Waals surface area contributed by atoms with E-state index in [1.807, 2.05) is 30.3 Å². The second-order valence-electron chi connectivity index (χ2n) is 8.77. The van der Waals surface area contributed by atoms with E-state index in [-0.39, 0.29) is 5.82 Å². The van der Waals surface area contributed by atoms with Crippen molar-refractivity contribution >= 4 is 5.52 Å². The van der Waals surface area contributed by atoms with Gasteiger partial charge in [0, 0.05) is 30.8 Å². The van der Waals surface area contributed by atoms with Crippen molar-refractivity contribution in [3.8, 4) is 22.8 Å². The fourth-order valence-corrected chi connectivity index (χ4v) is 4.12. The Balaban J connectivity index is 1.44. The minimum absolute atomic E-state index is 0.260. The standard InChI is InChI=1S/C26H23F3N6/c1-16(2)20-6-4-5-7-21(20)24-31-14-19-13-30-23(35(19)33-24)12-17-8-10-18(11-9-17)25-32-22(15-34(25)3)26(27,28)29/h4-11,13-16H,12H2,1-3H3. The van der Waals surface area contributed by atoms with Crippen LogP contribution in [0.4, 0.5) is 13.2 Å². The molecule has 9 heteroatoms. The van der Waals surface area contributed by atoms with Crippen molar-refractivity contribution in [2.75, 3.05) is 0 Å². The van der Waals surface area contributed by atoms with E-state index in [0.29, 0.717) is 23.7 Å². The van der Waals surface area contributed by atoms with Gasteiger partial charge in [-0.05, 0) is 17.0 Å². The second-order valence-corrected chi connectivity index (χ2v) is 8.77. The number of aromatic nitrogens is 6. The van der Waals surface area contributed by atoms with Gasteiger partial charge >= 0.3 is 6.18 Å². The van der Waals surface area contributed by atoms with Crippen molar-refractivity contribution in [2.24, 2.45) is 7.05 Å². The molecule has 0 bridgehead atoms. The summed E-state index contributed by atoms with van der Waals surface area (Å²) in [5.41, 5.74) is 3.60. The number of benzene rings is 2. The number of hydrogen-bond acceptors (Lipinski definition) is 4. The molecule has 6 nitrogen and oxygen atoms in total. The van der Waals surface area contributed by atoms with Crippen LogP contribution in [-0.2, 0) is 19.6 Å². The van der Waals surface area contributed by atoms with E-state index in [9.17, 15) is 13.2 Å². The molecule has 3 aromatic heterocycles. The van der Waals surface area contributed by atoms with Crippen LogP contribution in [0.25, 0.3) is 28.3 Å². The van der Waals surface area contributed by atoms with Gasteiger partial charge in [0.25, 0.3) is 0 Å². The zero-order valence-corrected chi connectivity index (χ0v) is 19.5. The van der Waals surface area contributed by atoms with Gasteiger partial charge in [-0.15, -0.1) is 5.10 Å². The summed E-state index contributed by atoms with van der Waals surface area (Å²) in [6.45, 7) is 4.27. The van der Waals surface area contributed by atoms with Gasteiger partial charge in [-0.1, -0.05) is 62.4 Å². The van der Waals surface area contributed by atoms with Gasteiger partial charge < -0.3 is 4.57 Å². The lowest BCUT2D eigenvalue weighted by Crippen LogP contribution is -2.05. The lowest BCUT2D eigenvalue weighted by Gasteiger charge is -2.11. The summed E-state index contributed by atoms with van der Waals surface area (Å²) in [4.78, 5) is 12.8. The molecule has 0 saturated heterocycles. The highest BCUT2D eigenvalue weighted by molar-refractivity contribution is 5.62. The molecule has 0 fully saturated rings. The molecule has 3 heterocycles.